The summed E-state index contributed by atoms with van der Waals surface area (Å²) in [6, 6.07) is 24.0. The molecule has 0 aliphatic heterocycles. The highest BCUT2D eigenvalue weighted by Gasteiger charge is 2.56. The van der Waals surface area contributed by atoms with Gasteiger partial charge in [0.25, 0.3) is 0 Å². The predicted octanol–water partition coefficient (Wildman–Crippen LogP) is 6.17. The lowest BCUT2D eigenvalue weighted by Gasteiger charge is -2.39. The summed E-state index contributed by atoms with van der Waals surface area (Å²) in [5, 5.41) is 0. The molecule has 0 N–H and O–H groups in total. The zero-order valence-electron chi connectivity index (χ0n) is 22.6. The molecule has 0 saturated heterocycles. The summed E-state index contributed by atoms with van der Waals surface area (Å²) in [6.45, 7) is 7.76. The van der Waals surface area contributed by atoms with Gasteiger partial charge in [-0.2, -0.15) is 0 Å². The van der Waals surface area contributed by atoms with Crippen molar-refractivity contribution in [2.24, 2.45) is 11.3 Å². The Morgan fingerprint density at radius 3 is 1.85 bits per heavy atom. The lowest BCUT2D eigenvalue weighted by Crippen LogP contribution is -2.46. The molecule has 6 nitrogen and oxygen atoms in total. The molecular formula is C32H32O6S. The van der Waals surface area contributed by atoms with E-state index in [1.54, 1.807) is 19.1 Å². The summed E-state index contributed by atoms with van der Waals surface area (Å²) < 4.78 is 38.6. The monoisotopic (exact) mass is 544 g/mol. The molecule has 39 heavy (non-hydrogen) atoms. The van der Waals surface area contributed by atoms with Gasteiger partial charge in [-0.25, -0.2) is 8.42 Å². The van der Waals surface area contributed by atoms with Crippen molar-refractivity contribution in [3.8, 4) is 11.1 Å². The van der Waals surface area contributed by atoms with E-state index in [1.807, 2.05) is 61.5 Å². The van der Waals surface area contributed by atoms with Gasteiger partial charge in [0.1, 0.15) is 0 Å². The Kier molecular flexibility index (Phi) is 7.93. The molecule has 4 rings (SSSR count). The molecule has 202 valence electrons. The van der Waals surface area contributed by atoms with E-state index in [2.05, 4.69) is 6.58 Å². The molecule has 7 heteroatoms. The number of hydrogen-bond acceptors (Lipinski definition) is 6. The lowest BCUT2D eigenvalue weighted by molar-refractivity contribution is -0.170. The largest absolute Gasteiger partial charge is 0.468 e. The van der Waals surface area contributed by atoms with Crippen molar-refractivity contribution in [3.63, 3.8) is 0 Å². The third-order valence-electron chi connectivity index (χ3n) is 7.37. The zero-order valence-corrected chi connectivity index (χ0v) is 23.4. The Labute approximate surface area is 229 Å². The molecule has 0 heterocycles. The fourth-order valence-corrected chi connectivity index (χ4v) is 6.99. The molecule has 3 aromatic rings. The molecule has 1 unspecified atom stereocenters. The Balaban J connectivity index is 2.01. The molecule has 1 aliphatic carbocycles. The van der Waals surface area contributed by atoms with Crippen LogP contribution in [0.5, 0.6) is 0 Å². The maximum Gasteiger partial charge on any atom is 0.323 e. The number of carbonyl (C=O) groups excluding carboxylic acids is 2. The van der Waals surface area contributed by atoms with Gasteiger partial charge >= 0.3 is 11.9 Å². The topological polar surface area (TPSA) is 86.7 Å². The molecule has 1 aliphatic rings. The van der Waals surface area contributed by atoms with E-state index in [1.165, 1.54) is 26.4 Å². The van der Waals surface area contributed by atoms with Crippen LogP contribution in [0.15, 0.2) is 101 Å². The number of carbonyl (C=O) groups is 2. The molecule has 0 radical (unpaired) electrons. The molecule has 3 aromatic carbocycles. The number of hydrogen-bond donors (Lipinski definition) is 0. The second-order valence-electron chi connectivity index (χ2n) is 9.94. The first-order valence-electron chi connectivity index (χ1n) is 12.6. The van der Waals surface area contributed by atoms with Crippen LogP contribution >= 0.6 is 0 Å². The lowest BCUT2D eigenvalue weighted by atomic mass is 9.66. The van der Waals surface area contributed by atoms with Gasteiger partial charge in [0.05, 0.1) is 24.0 Å². The van der Waals surface area contributed by atoms with Gasteiger partial charge < -0.3 is 9.47 Å². The fourth-order valence-electron chi connectivity index (χ4n) is 5.23. The van der Waals surface area contributed by atoms with Gasteiger partial charge in [-0.15, -0.1) is 0 Å². The third kappa shape index (κ3) is 5.19. The second kappa shape index (κ2) is 11.0. The maximum absolute atomic E-state index is 14.3. The van der Waals surface area contributed by atoms with Crippen molar-refractivity contribution < 1.29 is 27.5 Å². The standard InChI is InChI=1S/C32H32O6S/c1-21(2)27-19-32(30(33)37-4,31(34)38-5)20-28(39(35,36)26-17-11-22(3)12-18-26)29(27)25-15-13-24(14-16-25)23-9-7-6-8-10-23/h6-18,27H,1,19-20H2,2-5H3. The van der Waals surface area contributed by atoms with Crippen LogP contribution in [0.4, 0.5) is 0 Å². The number of ether oxygens (including phenoxy) is 2. The van der Waals surface area contributed by atoms with Crippen LogP contribution in [-0.2, 0) is 28.9 Å². The second-order valence-corrected chi connectivity index (χ2v) is 11.9. The van der Waals surface area contributed by atoms with Crippen LogP contribution < -0.4 is 0 Å². The third-order valence-corrected chi connectivity index (χ3v) is 9.28. The van der Waals surface area contributed by atoms with Crippen LogP contribution in [0.3, 0.4) is 0 Å². The van der Waals surface area contributed by atoms with Crippen LogP contribution in [-0.4, -0.2) is 34.6 Å². The molecule has 0 saturated carbocycles. The minimum Gasteiger partial charge on any atom is -0.468 e. The van der Waals surface area contributed by atoms with Crippen molar-refractivity contribution in [2.45, 2.75) is 31.6 Å². The first kappa shape index (κ1) is 28.0. The normalized spacial score (nSPS) is 16.9. The number of esters is 2. The van der Waals surface area contributed by atoms with E-state index in [-0.39, 0.29) is 22.6 Å². The highest BCUT2D eigenvalue weighted by molar-refractivity contribution is 7.95. The van der Waals surface area contributed by atoms with Crippen LogP contribution in [0.2, 0.25) is 0 Å². The molecule has 0 bridgehead atoms. The summed E-state index contributed by atoms with van der Waals surface area (Å²) in [6.07, 6.45) is -0.410. The Bertz CT molecular complexity index is 1520. The van der Waals surface area contributed by atoms with Crippen LogP contribution in [0, 0.1) is 18.3 Å². The quantitative estimate of drug-likeness (QED) is 0.201. The Morgan fingerprint density at radius 2 is 1.33 bits per heavy atom. The number of aryl methyl sites for hydroxylation is 1. The van der Waals surface area contributed by atoms with Gasteiger partial charge in [0.15, 0.2) is 5.41 Å². The molecular weight excluding hydrogens is 512 g/mol. The van der Waals surface area contributed by atoms with Gasteiger partial charge in [-0.1, -0.05) is 84.4 Å². The zero-order chi connectivity index (χ0) is 28.4. The summed E-state index contributed by atoms with van der Waals surface area (Å²) in [5.41, 5.74) is 2.88. The summed E-state index contributed by atoms with van der Waals surface area (Å²) in [7, 11) is -1.78. The average molecular weight is 545 g/mol. The van der Waals surface area contributed by atoms with Crippen molar-refractivity contribution >= 4 is 27.3 Å². The van der Waals surface area contributed by atoms with Gasteiger partial charge in [0.2, 0.25) is 9.84 Å². The van der Waals surface area contributed by atoms with Gasteiger partial charge in [-0.05, 0) is 54.7 Å². The Hall–Kier alpha value is -3.97. The van der Waals surface area contributed by atoms with E-state index < -0.39 is 33.1 Å². The Morgan fingerprint density at radius 1 is 0.821 bits per heavy atom. The van der Waals surface area contributed by atoms with Crippen molar-refractivity contribution in [1.82, 2.24) is 0 Å². The van der Waals surface area contributed by atoms with Crippen molar-refractivity contribution in [3.05, 3.63) is 107 Å². The summed E-state index contributed by atoms with van der Waals surface area (Å²) in [4.78, 5) is 26.4. The first-order chi connectivity index (χ1) is 18.5. The highest BCUT2D eigenvalue weighted by Crippen LogP contribution is 2.52. The number of sulfone groups is 1. The molecule has 0 amide bonds. The number of methoxy groups -OCH3 is 2. The predicted molar refractivity (Wildman–Crippen MR) is 151 cm³/mol. The van der Waals surface area contributed by atoms with Gasteiger partial charge in [0, 0.05) is 12.3 Å². The van der Waals surface area contributed by atoms with Crippen LogP contribution in [0.25, 0.3) is 16.7 Å². The SMILES string of the molecule is C=C(C)C1CC(C(=O)OC)(C(=O)OC)CC(S(=O)(=O)c2ccc(C)cc2)=C1c1ccc(-c2ccccc2)cc1. The first-order valence-corrected chi connectivity index (χ1v) is 14.1. The van der Waals surface area contributed by atoms with E-state index >= 15 is 0 Å². The molecule has 0 fully saturated rings. The van der Waals surface area contributed by atoms with E-state index in [0.29, 0.717) is 16.7 Å². The summed E-state index contributed by atoms with van der Waals surface area (Å²) in [5.74, 6) is -2.30. The fraction of sp³-hybridized carbons (Fsp3) is 0.250. The highest BCUT2D eigenvalue weighted by atomic mass is 32.2. The minimum atomic E-state index is -4.14. The average Bonchev–Trinajstić information content (AvgIpc) is 2.96. The number of rotatable bonds is 7. The number of allylic oxidation sites excluding steroid dienone is 3. The number of benzene rings is 3. The molecule has 1 atom stereocenters. The minimum absolute atomic E-state index is 0.0196. The van der Waals surface area contributed by atoms with E-state index in [4.69, 9.17) is 9.47 Å². The molecule has 0 spiro atoms. The van der Waals surface area contributed by atoms with Crippen molar-refractivity contribution in [1.29, 1.82) is 0 Å². The maximum atomic E-state index is 14.3. The van der Waals surface area contributed by atoms with Crippen LogP contribution in [0.1, 0.15) is 30.9 Å². The van der Waals surface area contributed by atoms with E-state index in [0.717, 1.165) is 16.7 Å². The smallest absolute Gasteiger partial charge is 0.323 e. The van der Waals surface area contributed by atoms with E-state index in [9.17, 15) is 18.0 Å². The van der Waals surface area contributed by atoms with Crippen molar-refractivity contribution in [2.75, 3.05) is 14.2 Å². The summed E-state index contributed by atoms with van der Waals surface area (Å²) >= 11 is 0. The van der Waals surface area contributed by atoms with Gasteiger partial charge in [-0.3, -0.25) is 9.59 Å². The molecule has 0 aromatic heterocycles.